The van der Waals surface area contributed by atoms with Gasteiger partial charge in [0.05, 0.1) is 12.2 Å². The first-order valence-electron chi connectivity index (χ1n) is 4.72. The van der Waals surface area contributed by atoms with Gasteiger partial charge in [-0.2, -0.15) is 0 Å². The zero-order valence-corrected chi connectivity index (χ0v) is 8.88. The highest BCUT2D eigenvalue weighted by Gasteiger charge is 2.39. The van der Waals surface area contributed by atoms with Gasteiger partial charge in [0.1, 0.15) is 0 Å². The molecule has 0 bridgehead atoms. The molecule has 6 heteroatoms. The van der Waals surface area contributed by atoms with Gasteiger partial charge in [-0.15, -0.1) is 0 Å². The Morgan fingerprint density at radius 3 is 2.36 bits per heavy atom. The van der Waals surface area contributed by atoms with Crippen LogP contribution in [0, 0.1) is 5.92 Å². The molecule has 0 atom stereocenters. The number of hydrogen-bond donors (Lipinski definition) is 1. The van der Waals surface area contributed by atoms with Crippen molar-refractivity contribution in [2.24, 2.45) is 5.92 Å². The second-order valence-electron chi connectivity index (χ2n) is 4.06. The first-order valence-corrected chi connectivity index (χ1v) is 6.57. The van der Waals surface area contributed by atoms with E-state index in [4.69, 9.17) is 0 Å². The van der Waals surface area contributed by atoms with Crippen LogP contribution in [-0.2, 0) is 14.8 Å². The van der Waals surface area contributed by atoms with Crippen LogP contribution < -0.4 is 5.32 Å². The summed E-state index contributed by atoms with van der Waals surface area (Å²) in [5.74, 6) is -0.127. The van der Waals surface area contributed by atoms with Gasteiger partial charge in [-0.25, -0.2) is 12.7 Å². The van der Waals surface area contributed by atoms with Gasteiger partial charge in [0.25, 0.3) is 0 Å². The van der Waals surface area contributed by atoms with E-state index in [0.717, 1.165) is 12.8 Å². The second-order valence-corrected chi connectivity index (χ2v) is 6.04. The zero-order chi connectivity index (χ0) is 10.3. The molecule has 1 aliphatic heterocycles. The quantitative estimate of drug-likeness (QED) is 0.671. The first kappa shape index (κ1) is 9.92. The van der Waals surface area contributed by atoms with Crippen molar-refractivity contribution in [1.82, 2.24) is 9.62 Å². The summed E-state index contributed by atoms with van der Waals surface area (Å²) in [6.45, 7) is 0.689. The van der Waals surface area contributed by atoms with Gasteiger partial charge in [-0.3, -0.25) is 4.79 Å². The van der Waals surface area contributed by atoms with E-state index in [9.17, 15) is 13.2 Å². The third-order valence-corrected chi connectivity index (χ3v) is 3.85. The minimum absolute atomic E-state index is 0.00685. The molecule has 1 saturated heterocycles. The fourth-order valence-corrected chi connectivity index (χ4v) is 2.32. The van der Waals surface area contributed by atoms with Gasteiger partial charge < -0.3 is 5.32 Å². The highest BCUT2D eigenvalue weighted by atomic mass is 32.2. The van der Waals surface area contributed by atoms with Gasteiger partial charge >= 0.3 is 0 Å². The molecule has 0 radical (unpaired) electrons. The lowest BCUT2D eigenvalue weighted by atomic mass is 10.0. The Labute approximate surface area is 83.5 Å². The molecule has 1 heterocycles. The average Bonchev–Trinajstić information content (AvgIpc) is 2.63. The average molecular weight is 218 g/mol. The maximum absolute atomic E-state index is 11.4. The summed E-state index contributed by atoms with van der Waals surface area (Å²) in [5.41, 5.74) is 0. The zero-order valence-electron chi connectivity index (χ0n) is 8.06. The monoisotopic (exact) mass is 218 g/mol. The van der Waals surface area contributed by atoms with Crippen molar-refractivity contribution in [2.45, 2.75) is 18.9 Å². The molecule has 0 spiro atoms. The normalized spacial score (nSPS) is 24.4. The van der Waals surface area contributed by atoms with Crippen molar-refractivity contribution in [2.75, 3.05) is 19.3 Å². The van der Waals surface area contributed by atoms with Crippen LogP contribution in [0.4, 0.5) is 0 Å². The van der Waals surface area contributed by atoms with Gasteiger partial charge in [0.2, 0.25) is 15.9 Å². The molecule has 0 aromatic heterocycles. The lowest BCUT2D eigenvalue weighted by Gasteiger charge is -2.35. The lowest BCUT2D eigenvalue weighted by molar-refractivity contribution is -0.128. The van der Waals surface area contributed by atoms with Gasteiger partial charge in [0, 0.05) is 19.1 Å². The number of hydrogen-bond acceptors (Lipinski definition) is 3. The highest BCUT2D eigenvalue weighted by Crippen LogP contribution is 2.23. The maximum Gasteiger partial charge on any atom is 0.225 e. The Hall–Kier alpha value is -0.620. The second kappa shape index (κ2) is 3.20. The van der Waals surface area contributed by atoms with Crippen LogP contribution in [0.1, 0.15) is 12.8 Å². The predicted molar refractivity (Wildman–Crippen MR) is 51.1 cm³/mol. The maximum atomic E-state index is 11.4. The van der Waals surface area contributed by atoms with E-state index in [0.29, 0.717) is 19.1 Å². The van der Waals surface area contributed by atoms with Crippen LogP contribution in [0.5, 0.6) is 0 Å². The van der Waals surface area contributed by atoms with Crippen molar-refractivity contribution >= 4 is 15.9 Å². The Bertz CT molecular complexity index is 342. The van der Waals surface area contributed by atoms with E-state index in [1.165, 1.54) is 10.6 Å². The number of amides is 1. The summed E-state index contributed by atoms with van der Waals surface area (Å²) in [7, 11) is -3.09. The van der Waals surface area contributed by atoms with Crippen LogP contribution in [0.3, 0.4) is 0 Å². The summed E-state index contributed by atoms with van der Waals surface area (Å²) in [5, 5.41) is 2.87. The minimum atomic E-state index is -3.09. The number of nitrogens with one attached hydrogen (secondary N) is 1. The third kappa shape index (κ3) is 2.06. The fourth-order valence-electron chi connectivity index (χ4n) is 1.42. The van der Waals surface area contributed by atoms with Crippen molar-refractivity contribution in [3.05, 3.63) is 0 Å². The Kier molecular flexibility index (Phi) is 2.27. The number of carbonyl (C=O) groups excluding carboxylic acids is 1. The fraction of sp³-hybridized carbons (Fsp3) is 0.875. The van der Waals surface area contributed by atoms with Crippen LogP contribution in [0.2, 0.25) is 0 Å². The summed E-state index contributed by atoms with van der Waals surface area (Å²) < 4.78 is 23.3. The van der Waals surface area contributed by atoms with Crippen molar-refractivity contribution in [3.63, 3.8) is 0 Å². The van der Waals surface area contributed by atoms with E-state index in [2.05, 4.69) is 5.32 Å². The molecule has 0 unspecified atom stereocenters. The van der Waals surface area contributed by atoms with Crippen molar-refractivity contribution < 1.29 is 13.2 Å². The molecular weight excluding hydrogens is 204 g/mol. The molecule has 2 aliphatic rings. The first-order chi connectivity index (χ1) is 6.47. The van der Waals surface area contributed by atoms with Crippen LogP contribution in [0.25, 0.3) is 0 Å². The summed E-state index contributed by atoms with van der Waals surface area (Å²) in [6, 6.07) is 0.356. The molecule has 1 amide bonds. The molecule has 2 rings (SSSR count). The molecule has 1 aliphatic carbocycles. The minimum Gasteiger partial charge on any atom is -0.353 e. The van der Waals surface area contributed by atoms with Crippen molar-refractivity contribution in [3.8, 4) is 0 Å². The number of sulfonamides is 1. The molecule has 80 valence electrons. The molecule has 1 N–H and O–H groups in total. The van der Waals surface area contributed by atoms with Gasteiger partial charge in [-0.05, 0) is 12.8 Å². The third-order valence-electron chi connectivity index (χ3n) is 2.61. The van der Waals surface area contributed by atoms with E-state index in [1.54, 1.807) is 0 Å². The topological polar surface area (TPSA) is 66.5 Å². The van der Waals surface area contributed by atoms with Crippen LogP contribution in [0.15, 0.2) is 0 Å². The van der Waals surface area contributed by atoms with Gasteiger partial charge in [-0.1, -0.05) is 0 Å². The predicted octanol–water partition coefficient (Wildman–Crippen LogP) is -0.844. The summed E-state index contributed by atoms with van der Waals surface area (Å²) >= 11 is 0. The van der Waals surface area contributed by atoms with E-state index in [1.807, 2.05) is 0 Å². The smallest absolute Gasteiger partial charge is 0.225 e. The standard InChI is InChI=1S/C8H14N2O3S/c1-14(12,13)10-4-6(5-10)8(11)9-7-2-3-7/h6-7H,2-5H2,1H3,(H,9,11). The number of nitrogens with zero attached hydrogens (tertiary/aromatic N) is 1. The van der Waals surface area contributed by atoms with Crippen LogP contribution in [-0.4, -0.2) is 44.0 Å². The SMILES string of the molecule is CS(=O)(=O)N1CC(C(=O)NC2CC2)C1. The molecule has 1 saturated carbocycles. The molecule has 0 aromatic carbocycles. The van der Waals surface area contributed by atoms with E-state index < -0.39 is 10.0 Å². The molecule has 2 fully saturated rings. The van der Waals surface area contributed by atoms with Crippen LogP contribution >= 0.6 is 0 Å². The number of rotatable bonds is 3. The largest absolute Gasteiger partial charge is 0.353 e. The molecule has 14 heavy (non-hydrogen) atoms. The van der Waals surface area contributed by atoms with Gasteiger partial charge in [0.15, 0.2) is 0 Å². The highest BCUT2D eigenvalue weighted by molar-refractivity contribution is 7.88. The molecule has 5 nitrogen and oxygen atoms in total. The summed E-state index contributed by atoms with van der Waals surface area (Å²) in [6.07, 6.45) is 3.30. The van der Waals surface area contributed by atoms with Crippen molar-refractivity contribution in [1.29, 1.82) is 0 Å². The Morgan fingerprint density at radius 2 is 1.93 bits per heavy atom. The van der Waals surface area contributed by atoms with E-state index in [-0.39, 0.29) is 11.8 Å². The molecule has 0 aromatic rings. The summed E-state index contributed by atoms with van der Waals surface area (Å²) in [4.78, 5) is 11.4. The Balaban J connectivity index is 1.79. The Morgan fingerprint density at radius 1 is 1.36 bits per heavy atom. The molecular formula is C8H14N2O3S. The number of carbonyl (C=O) groups is 1. The van der Waals surface area contributed by atoms with E-state index >= 15 is 0 Å². The lowest BCUT2D eigenvalue weighted by Crippen LogP contribution is -2.55.